The summed E-state index contributed by atoms with van der Waals surface area (Å²) in [5.74, 6) is -0.384. The Morgan fingerprint density at radius 2 is 2.00 bits per heavy atom. The summed E-state index contributed by atoms with van der Waals surface area (Å²) >= 11 is 1.54. The maximum atomic E-state index is 11.9. The van der Waals surface area contributed by atoms with Gasteiger partial charge < -0.3 is 14.4 Å². The zero-order chi connectivity index (χ0) is 22.2. The first kappa shape index (κ1) is 22.5. The van der Waals surface area contributed by atoms with Gasteiger partial charge in [0.25, 0.3) is 0 Å². The molecule has 0 fully saturated rings. The number of carbonyl (C=O) groups excluding carboxylic acids is 1. The van der Waals surface area contributed by atoms with Gasteiger partial charge in [0.1, 0.15) is 5.82 Å². The smallest absolute Gasteiger partial charge is 0.337 e. The van der Waals surface area contributed by atoms with E-state index in [1.165, 1.54) is 7.11 Å². The molecule has 1 aromatic carbocycles. The zero-order valence-corrected chi connectivity index (χ0v) is 18.5. The highest BCUT2D eigenvalue weighted by Gasteiger charge is 2.14. The number of carbonyl (C=O) groups is 2. The van der Waals surface area contributed by atoms with Crippen LogP contribution in [0.25, 0.3) is 6.08 Å². The third kappa shape index (κ3) is 5.92. The number of carboxylic acid groups (broad SMARTS) is 1. The van der Waals surface area contributed by atoms with Crippen LogP contribution in [0.5, 0.6) is 0 Å². The SMILES string of the molecule is CCCCc1ncc(/C=C(\Cc2cccs2)C(=O)O)n1Cc1ccc(C(=O)OC)cc1. The number of esters is 1. The molecule has 162 valence electrons. The number of rotatable bonds is 10. The van der Waals surface area contributed by atoms with Crippen LogP contribution in [0.3, 0.4) is 0 Å². The van der Waals surface area contributed by atoms with Crippen molar-refractivity contribution in [1.82, 2.24) is 9.55 Å². The van der Waals surface area contributed by atoms with Crippen molar-refractivity contribution >= 4 is 29.4 Å². The van der Waals surface area contributed by atoms with E-state index in [-0.39, 0.29) is 5.97 Å². The highest BCUT2D eigenvalue weighted by molar-refractivity contribution is 7.09. The molecule has 3 rings (SSSR count). The van der Waals surface area contributed by atoms with E-state index in [0.717, 1.165) is 41.2 Å². The van der Waals surface area contributed by atoms with Crippen LogP contribution in [0.1, 0.15) is 52.1 Å². The molecule has 0 radical (unpaired) electrons. The van der Waals surface area contributed by atoms with Crippen molar-refractivity contribution in [2.45, 2.75) is 39.2 Å². The van der Waals surface area contributed by atoms with Crippen molar-refractivity contribution < 1.29 is 19.4 Å². The van der Waals surface area contributed by atoms with E-state index < -0.39 is 5.97 Å². The molecular formula is C24H26N2O4S. The molecule has 7 heteroatoms. The summed E-state index contributed by atoms with van der Waals surface area (Å²) in [4.78, 5) is 29.1. The number of hydrogen-bond acceptors (Lipinski definition) is 5. The second-order valence-electron chi connectivity index (χ2n) is 7.21. The Balaban J connectivity index is 1.92. The molecule has 6 nitrogen and oxygen atoms in total. The Labute approximate surface area is 185 Å². The second-order valence-corrected chi connectivity index (χ2v) is 8.24. The Kier molecular flexibility index (Phi) is 7.78. The van der Waals surface area contributed by atoms with Gasteiger partial charge in [-0.2, -0.15) is 0 Å². The molecule has 0 unspecified atom stereocenters. The van der Waals surface area contributed by atoms with Crippen molar-refractivity contribution in [3.63, 3.8) is 0 Å². The van der Waals surface area contributed by atoms with E-state index >= 15 is 0 Å². The number of hydrogen-bond donors (Lipinski definition) is 1. The van der Waals surface area contributed by atoms with Crippen LogP contribution in [0.4, 0.5) is 0 Å². The molecule has 1 N–H and O–H groups in total. The molecule has 2 heterocycles. The highest BCUT2D eigenvalue weighted by atomic mass is 32.1. The number of aromatic nitrogens is 2. The lowest BCUT2D eigenvalue weighted by atomic mass is 10.1. The van der Waals surface area contributed by atoms with Crippen LogP contribution >= 0.6 is 11.3 Å². The fourth-order valence-corrected chi connectivity index (χ4v) is 4.00. The Bertz CT molecular complexity index is 1050. The molecule has 3 aromatic rings. The number of nitrogens with zero attached hydrogens (tertiary/aromatic N) is 2. The summed E-state index contributed by atoms with van der Waals surface area (Å²) < 4.78 is 6.81. The van der Waals surface area contributed by atoms with E-state index in [9.17, 15) is 14.7 Å². The molecule has 31 heavy (non-hydrogen) atoms. The lowest BCUT2D eigenvalue weighted by molar-refractivity contribution is -0.132. The zero-order valence-electron chi connectivity index (χ0n) is 17.7. The third-order valence-electron chi connectivity index (χ3n) is 4.98. The molecule has 0 aliphatic rings. The number of unbranched alkanes of at least 4 members (excludes halogenated alkanes) is 1. The Morgan fingerprint density at radius 1 is 1.23 bits per heavy atom. The van der Waals surface area contributed by atoms with E-state index in [2.05, 4.69) is 16.5 Å². The molecule has 0 aliphatic carbocycles. The van der Waals surface area contributed by atoms with Crippen molar-refractivity contribution in [2.75, 3.05) is 7.11 Å². The van der Waals surface area contributed by atoms with Crippen LogP contribution < -0.4 is 0 Å². The summed E-state index contributed by atoms with van der Waals surface area (Å²) in [5.41, 5.74) is 2.57. The number of thiophene rings is 1. The molecule has 0 amide bonds. The van der Waals surface area contributed by atoms with Gasteiger partial charge in [-0.05, 0) is 41.6 Å². The van der Waals surface area contributed by atoms with Gasteiger partial charge in [-0.15, -0.1) is 11.3 Å². The number of aliphatic carboxylic acids is 1. The molecule has 0 spiro atoms. The number of carboxylic acids is 1. The first-order valence-electron chi connectivity index (χ1n) is 10.2. The first-order valence-corrected chi connectivity index (χ1v) is 11.1. The maximum Gasteiger partial charge on any atom is 0.337 e. The molecule has 0 atom stereocenters. The predicted molar refractivity (Wildman–Crippen MR) is 121 cm³/mol. The molecule has 0 saturated carbocycles. The monoisotopic (exact) mass is 438 g/mol. The number of methoxy groups -OCH3 is 1. The Morgan fingerprint density at radius 3 is 2.61 bits per heavy atom. The quantitative estimate of drug-likeness (QED) is 0.362. The molecule has 0 saturated heterocycles. The van der Waals surface area contributed by atoms with Crippen molar-refractivity contribution in [2.24, 2.45) is 0 Å². The van der Waals surface area contributed by atoms with Crippen LogP contribution in [0, 0.1) is 0 Å². The Hall–Kier alpha value is -3.19. The van der Waals surface area contributed by atoms with E-state index in [0.29, 0.717) is 24.1 Å². The normalized spacial score (nSPS) is 11.5. The van der Waals surface area contributed by atoms with E-state index in [1.807, 2.05) is 29.6 Å². The van der Waals surface area contributed by atoms with Crippen molar-refractivity contribution in [3.8, 4) is 0 Å². The largest absolute Gasteiger partial charge is 0.478 e. The predicted octanol–water partition coefficient (Wildman–Crippen LogP) is 4.83. The van der Waals surface area contributed by atoms with Gasteiger partial charge in [0.05, 0.1) is 24.6 Å². The van der Waals surface area contributed by atoms with Crippen LogP contribution in [-0.4, -0.2) is 33.7 Å². The van der Waals surface area contributed by atoms with Crippen molar-refractivity contribution in [3.05, 3.63) is 81.1 Å². The van der Waals surface area contributed by atoms with Gasteiger partial charge in [-0.1, -0.05) is 31.5 Å². The highest BCUT2D eigenvalue weighted by Crippen LogP contribution is 2.20. The van der Waals surface area contributed by atoms with Crippen LogP contribution in [0.2, 0.25) is 0 Å². The summed E-state index contributed by atoms with van der Waals surface area (Å²) in [6.45, 7) is 2.67. The standard InChI is InChI=1S/C24H26N2O4S/c1-3-4-7-22-25-15-20(13-19(23(27)28)14-21-6-5-12-31-21)26(22)16-17-8-10-18(11-9-17)24(29)30-2/h5-6,8-13,15H,3-4,7,14,16H2,1-2H3,(H,27,28)/b19-13+. The first-order chi connectivity index (χ1) is 15.0. The molecular weight excluding hydrogens is 412 g/mol. The van der Waals surface area contributed by atoms with Gasteiger partial charge >= 0.3 is 11.9 Å². The average molecular weight is 439 g/mol. The lowest BCUT2D eigenvalue weighted by Crippen LogP contribution is -2.09. The summed E-state index contributed by atoms with van der Waals surface area (Å²) in [6, 6.07) is 11.1. The number of benzene rings is 1. The third-order valence-corrected chi connectivity index (χ3v) is 5.86. The molecule has 0 bridgehead atoms. The number of aryl methyl sites for hydroxylation is 1. The van der Waals surface area contributed by atoms with E-state index in [1.54, 1.807) is 35.7 Å². The fourth-order valence-electron chi connectivity index (χ4n) is 3.28. The van der Waals surface area contributed by atoms with Crippen LogP contribution in [-0.2, 0) is 28.9 Å². The van der Waals surface area contributed by atoms with Gasteiger partial charge in [0.15, 0.2) is 0 Å². The number of imidazole rings is 1. The maximum absolute atomic E-state index is 11.9. The minimum Gasteiger partial charge on any atom is -0.478 e. The van der Waals surface area contributed by atoms with Gasteiger partial charge in [0.2, 0.25) is 0 Å². The summed E-state index contributed by atoms with van der Waals surface area (Å²) in [7, 11) is 1.36. The fraction of sp³-hybridized carbons (Fsp3) is 0.292. The minimum atomic E-state index is -0.932. The topological polar surface area (TPSA) is 81.4 Å². The van der Waals surface area contributed by atoms with Crippen molar-refractivity contribution in [1.29, 1.82) is 0 Å². The lowest BCUT2D eigenvalue weighted by Gasteiger charge is -2.12. The van der Waals surface area contributed by atoms with Gasteiger partial charge in [-0.25, -0.2) is 14.6 Å². The summed E-state index contributed by atoms with van der Waals surface area (Å²) in [5, 5.41) is 11.7. The van der Waals surface area contributed by atoms with Gasteiger partial charge in [0, 0.05) is 29.8 Å². The average Bonchev–Trinajstić information content (AvgIpc) is 3.42. The minimum absolute atomic E-state index is 0.326. The summed E-state index contributed by atoms with van der Waals surface area (Å²) in [6.07, 6.45) is 6.69. The molecule has 2 aromatic heterocycles. The second kappa shape index (κ2) is 10.7. The van der Waals surface area contributed by atoms with Crippen LogP contribution in [0.15, 0.2) is 53.5 Å². The van der Waals surface area contributed by atoms with E-state index in [4.69, 9.17) is 4.74 Å². The molecule has 0 aliphatic heterocycles. The number of ether oxygens (including phenoxy) is 1. The van der Waals surface area contributed by atoms with Gasteiger partial charge in [-0.3, -0.25) is 0 Å².